The van der Waals surface area contributed by atoms with Crippen molar-refractivity contribution in [3.05, 3.63) is 62.4 Å². The number of nitrogens with one attached hydrogen (secondary N) is 2. The highest BCUT2D eigenvalue weighted by Crippen LogP contribution is 2.36. The molecule has 1 aromatic heterocycles. The first-order chi connectivity index (χ1) is 11.4. The molecular formula is C16H9Cl3N2OS2. The molecule has 0 fully saturated rings. The lowest BCUT2D eigenvalue weighted by Crippen LogP contribution is -2.33. The molecule has 0 aliphatic heterocycles. The van der Waals surface area contributed by atoms with Crippen LogP contribution in [0.25, 0.3) is 10.1 Å². The van der Waals surface area contributed by atoms with E-state index in [0.29, 0.717) is 25.6 Å². The van der Waals surface area contributed by atoms with Crippen LogP contribution in [0.3, 0.4) is 0 Å². The number of carbonyl (C=O) groups excluding carboxylic acids is 1. The Morgan fingerprint density at radius 2 is 1.79 bits per heavy atom. The largest absolute Gasteiger partial charge is 0.332 e. The summed E-state index contributed by atoms with van der Waals surface area (Å²) in [5.41, 5.74) is 0.682. The number of halogens is 3. The van der Waals surface area contributed by atoms with Gasteiger partial charge < -0.3 is 5.32 Å². The molecule has 8 heteroatoms. The van der Waals surface area contributed by atoms with Gasteiger partial charge in [-0.15, -0.1) is 11.3 Å². The second-order valence-electron chi connectivity index (χ2n) is 4.80. The minimum absolute atomic E-state index is 0.161. The molecule has 122 valence electrons. The Balaban J connectivity index is 1.77. The van der Waals surface area contributed by atoms with E-state index in [4.69, 9.17) is 47.0 Å². The van der Waals surface area contributed by atoms with Crippen molar-refractivity contribution in [2.24, 2.45) is 0 Å². The number of anilines is 1. The first-order valence-corrected chi connectivity index (χ1v) is 9.05. The predicted octanol–water partition coefficient (Wildman–Crippen LogP) is 5.99. The summed E-state index contributed by atoms with van der Waals surface area (Å²) in [6, 6.07) is 12.3. The van der Waals surface area contributed by atoms with Crippen LogP contribution in [0.4, 0.5) is 5.69 Å². The first-order valence-electron chi connectivity index (χ1n) is 6.69. The predicted molar refractivity (Wildman–Crippen MR) is 107 cm³/mol. The summed E-state index contributed by atoms with van der Waals surface area (Å²) < 4.78 is 0.839. The Kier molecular flexibility index (Phi) is 5.27. The van der Waals surface area contributed by atoms with Gasteiger partial charge in [0.25, 0.3) is 5.91 Å². The van der Waals surface area contributed by atoms with Gasteiger partial charge >= 0.3 is 0 Å². The third-order valence-corrected chi connectivity index (χ3v) is 5.44. The van der Waals surface area contributed by atoms with E-state index in [9.17, 15) is 4.79 Å². The number of thiocarbonyl (C=S) groups is 1. The lowest BCUT2D eigenvalue weighted by molar-refractivity contribution is 0.0982. The van der Waals surface area contributed by atoms with Gasteiger partial charge in [-0.1, -0.05) is 46.9 Å². The van der Waals surface area contributed by atoms with Crippen molar-refractivity contribution in [3.63, 3.8) is 0 Å². The van der Waals surface area contributed by atoms with Gasteiger partial charge in [0.05, 0.1) is 5.02 Å². The van der Waals surface area contributed by atoms with E-state index in [-0.39, 0.29) is 11.0 Å². The van der Waals surface area contributed by atoms with Crippen molar-refractivity contribution in [1.82, 2.24) is 5.32 Å². The summed E-state index contributed by atoms with van der Waals surface area (Å²) in [4.78, 5) is 12.8. The maximum atomic E-state index is 12.4. The van der Waals surface area contributed by atoms with E-state index in [0.717, 1.165) is 10.1 Å². The molecule has 3 nitrogen and oxygen atoms in total. The van der Waals surface area contributed by atoms with Crippen molar-refractivity contribution in [2.75, 3.05) is 5.32 Å². The Labute approximate surface area is 162 Å². The average molecular weight is 416 g/mol. The van der Waals surface area contributed by atoms with Gasteiger partial charge in [0.15, 0.2) is 5.11 Å². The zero-order chi connectivity index (χ0) is 17.3. The zero-order valence-electron chi connectivity index (χ0n) is 11.9. The van der Waals surface area contributed by atoms with E-state index in [1.54, 1.807) is 42.5 Å². The maximum absolute atomic E-state index is 12.4. The Hall–Kier alpha value is -1.37. The molecular weight excluding hydrogens is 407 g/mol. The number of thiophene rings is 1. The highest BCUT2D eigenvalue weighted by atomic mass is 35.5. The Bertz CT molecular complexity index is 956. The number of rotatable bonds is 2. The molecule has 0 saturated heterocycles. The van der Waals surface area contributed by atoms with Crippen LogP contribution in [0.15, 0.2) is 42.5 Å². The minimum atomic E-state index is -0.378. The Morgan fingerprint density at radius 1 is 1.04 bits per heavy atom. The maximum Gasteiger partial charge on any atom is 0.269 e. The molecule has 0 atom stereocenters. The normalized spacial score (nSPS) is 10.6. The molecule has 0 saturated carbocycles. The molecule has 0 spiro atoms. The molecule has 0 unspecified atom stereocenters. The Morgan fingerprint density at radius 3 is 2.54 bits per heavy atom. The van der Waals surface area contributed by atoms with E-state index >= 15 is 0 Å². The minimum Gasteiger partial charge on any atom is -0.332 e. The summed E-state index contributed by atoms with van der Waals surface area (Å²) in [5, 5.41) is 8.00. The van der Waals surface area contributed by atoms with Crippen molar-refractivity contribution in [1.29, 1.82) is 0 Å². The topological polar surface area (TPSA) is 41.1 Å². The number of carbonyl (C=O) groups is 1. The fourth-order valence-corrected chi connectivity index (χ4v) is 4.16. The van der Waals surface area contributed by atoms with Gasteiger partial charge in [0.2, 0.25) is 0 Å². The fourth-order valence-electron chi connectivity index (χ4n) is 2.07. The van der Waals surface area contributed by atoms with Crippen molar-refractivity contribution in [3.8, 4) is 0 Å². The molecule has 2 aromatic carbocycles. The smallest absolute Gasteiger partial charge is 0.269 e. The molecule has 3 aromatic rings. The molecule has 24 heavy (non-hydrogen) atoms. The average Bonchev–Trinajstić information content (AvgIpc) is 2.83. The highest BCUT2D eigenvalue weighted by Gasteiger charge is 2.18. The van der Waals surface area contributed by atoms with Crippen LogP contribution < -0.4 is 10.6 Å². The second kappa shape index (κ2) is 7.25. The lowest BCUT2D eigenvalue weighted by atomic mass is 10.2. The van der Waals surface area contributed by atoms with Crippen LogP contribution in [-0.2, 0) is 0 Å². The molecule has 0 bridgehead atoms. The summed E-state index contributed by atoms with van der Waals surface area (Å²) in [6.07, 6.45) is 0. The third kappa shape index (κ3) is 3.82. The number of hydrogen-bond donors (Lipinski definition) is 2. The van der Waals surface area contributed by atoms with Crippen LogP contribution in [-0.4, -0.2) is 11.0 Å². The highest BCUT2D eigenvalue weighted by molar-refractivity contribution is 7.80. The third-order valence-electron chi connectivity index (χ3n) is 3.11. The fraction of sp³-hybridized carbons (Fsp3) is 0. The van der Waals surface area contributed by atoms with Crippen molar-refractivity contribution in [2.45, 2.75) is 0 Å². The van der Waals surface area contributed by atoms with Crippen LogP contribution in [0.1, 0.15) is 9.67 Å². The van der Waals surface area contributed by atoms with Gasteiger partial charge in [-0.3, -0.25) is 10.1 Å². The monoisotopic (exact) mass is 414 g/mol. The number of fused-ring (bicyclic) bond motifs is 1. The number of amides is 1. The van der Waals surface area contributed by atoms with Crippen molar-refractivity contribution < 1.29 is 4.79 Å². The first kappa shape index (κ1) is 17.5. The van der Waals surface area contributed by atoms with Gasteiger partial charge in [-0.05, 0) is 42.5 Å². The van der Waals surface area contributed by atoms with Crippen LogP contribution >= 0.6 is 58.4 Å². The zero-order valence-corrected chi connectivity index (χ0v) is 15.8. The van der Waals surface area contributed by atoms with E-state index < -0.39 is 0 Å². The molecule has 1 amide bonds. The molecule has 0 aliphatic carbocycles. The van der Waals surface area contributed by atoms with Crippen molar-refractivity contribution >= 4 is 85.2 Å². The summed E-state index contributed by atoms with van der Waals surface area (Å²) in [5.74, 6) is -0.378. The summed E-state index contributed by atoms with van der Waals surface area (Å²) >= 11 is 24.6. The van der Waals surface area contributed by atoms with Gasteiger partial charge in [-0.25, -0.2) is 0 Å². The standard InChI is InChI=1S/C16H9Cl3N2OS2/c17-8-2-1-3-10(6-8)20-16(23)21-15(22)14-13(19)11-5-4-9(18)7-12(11)24-14/h1-7H,(H2,20,21,22,23). The van der Waals surface area contributed by atoms with Gasteiger partial charge in [0, 0.05) is 25.8 Å². The van der Waals surface area contributed by atoms with Crippen LogP contribution in [0, 0.1) is 0 Å². The van der Waals surface area contributed by atoms with E-state index in [1.807, 2.05) is 0 Å². The molecule has 1 heterocycles. The molecule has 3 rings (SSSR count). The van der Waals surface area contributed by atoms with E-state index in [1.165, 1.54) is 11.3 Å². The van der Waals surface area contributed by atoms with E-state index in [2.05, 4.69) is 10.6 Å². The number of hydrogen-bond acceptors (Lipinski definition) is 3. The van der Waals surface area contributed by atoms with Gasteiger partial charge in [0.1, 0.15) is 4.88 Å². The second-order valence-corrected chi connectivity index (χ2v) is 7.52. The molecule has 0 radical (unpaired) electrons. The molecule has 2 N–H and O–H groups in total. The van der Waals surface area contributed by atoms with Crippen LogP contribution in [0.5, 0.6) is 0 Å². The molecule has 0 aliphatic rings. The quantitative estimate of drug-likeness (QED) is 0.505. The lowest BCUT2D eigenvalue weighted by Gasteiger charge is -2.09. The SMILES string of the molecule is O=C(NC(=S)Nc1cccc(Cl)c1)c1sc2cc(Cl)ccc2c1Cl. The van der Waals surface area contributed by atoms with Crippen LogP contribution in [0.2, 0.25) is 15.1 Å². The number of benzene rings is 2. The summed E-state index contributed by atoms with van der Waals surface area (Å²) in [7, 11) is 0. The summed E-state index contributed by atoms with van der Waals surface area (Å²) in [6.45, 7) is 0. The van der Waals surface area contributed by atoms with Gasteiger partial charge in [-0.2, -0.15) is 0 Å².